The normalized spacial score (nSPS) is 55.6. The first-order valence-electron chi connectivity index (χ1n) is 31.0. The van der Waals surface area contributed by atoms with Crippen molar-refractivity contribution in [2.24, 2.45) is 52.3 Å². The Morgan fingerprint density at radius 3 is 1.54 bits per heavy atom. The maximum Gasteiger partial charge on any atom is 0.187 e. The van der Waals surface area contributed by atoms with E-state index >= 15 is 0 Å². The highest BCUT2D eigenvalue weighted by molar-refractivity contribution is 5.18. The second kappa shape index (κ2) is 27.3. The van der Waals surface area contributed by atoms with Crippen molar-refractivity contribution in [3.05, 3.63) is 0 Å². The number of hydrogen-bond acceptors (Lipinski definition) is 30. The van der Waals surface area contributed by atoms with E-state index in [1.807, 2.05) is 13.8 Å². The quantitative estimate of drug-likeness (QED) is 0.0534. The SMILES string of the molecule is C[C@H](CCC1(O)OC2CC3C4CC[C@H]5CC(O[C@@H]6O[C@H](CO)[C@H](O[C@@H]7O[C@H](CO)[C@@H](O)[C@H](O[C@@H]8O[C@H](CO)[C@@H](O)[C@H](O)[C@H]8O)[C@H]7O[C@@H]7O[C@H](CO)[C@@H](O)[C@H](O)[C@H]7O)[C@H](O)[C@H]6O)CC[C@]5(C)C4C[C@@H](O)[C@]3(C)C2[C@@H]1C)CO[C@@H]1O[C@H](CO)[C@@H](O)[C@H](O)[C@H]1O. The Labute approximate surface area is 502 Å². The molecule has 0 bridgehead atoms. The third kappa shape index (κ3) is 12.5. The summed E-state index contributed by atoms with van der Waals surface area (Å²) in [5.41, 5.74) is -0.773. The molecule has 19 N–H and O–H groups in total. The Kier molecular flexibility index (Phi) is 21.5. The number of fused-ring (bicyclic) bond motifs is 7. The van der Waals surface area contributed by atoms with Crippen molar-refractivity contribution in [1.29, 1.82) is 0 Å². The summed E-state index contributed by atoms with van der Waals surface area (Å²) < 4.78 is 65.8. The molecule has 10 rings (SSSR count). The first-order chi connectivity index (χ1) is 41.2. The van der Waals surface area contributed by atoms with Crippen molar-refractivity contribution in [3.63, 3.8) is 0 Å². The van der Waals surface area contributed by atoms with Gasteiger partial charge in [-0.05, 0) is 86.4 Å². The Morgan fingerprint density at radius 2 is 0.966 bits per heavy atom. The van der Waals surface area contributed by atoms with Crippen molar-refractivity contribution < 1.29 is 149 Å². The van der Waals surface area contributed by atoms with Crippen molar-refractivity contribution in [3.8, 4) is 0 Å². The van der Waals surface area contributed by atoms with Gasteiger partial charge in [-0.2, -0.15) is 0 Å². The summed E-state index contributed by atoms with van der Waals surface area (Å²) in [6, 6.07) is 0. The molecule has 0 radical (unpaired) electrons. The topological polar surface area (TPSA) is 486 Å². The van der Waals surface area contributed by atoms with Gasteiger partial charge in [0.1, 0.15) is 122 Å². The number of ether oxygens (including phenoxy) is 11. The Hall–Kier alpha value is -1.20. The van der Waals surface area contributed by atoms with Crippen LogP contribution in [0.5, 0.6) is 0 Å². The van der Waals surface area contributed by atoms with Gasteiger partial charge in [-0.1, -0.05) is 27.7 Å². The van der Waals surface area contributed by atoms with Gasteiger partial charge in [0, 0.05) is 23.7 Å². The summed E-state index contributed by atoms with van der Waals surface area (Å²) in [5.74, 6) is -1.46. The average molecular weight is 1260 g/mol. The Balaban J connectivity index is 0.775. The van der Waals surface area contributed by atoms with Gasteiger partial charge in [0.25, 0.3) is 0 Å². The van der Waals surface area contributed by atoms with E-state index in [4.69, 9.17) is 52.1 Å². The fraction of sp³-hybridized carbons (Fsp3) is 1.00. The molecule has 0 spiro atoms. The van der Waals surface area contributed by atoms with Gasteiger partial charge in [-0.15, -0.1) is 0 Å². The molecule has 4 saturated carbocycles. The maximum atomic E-state index is 12.4. The van der Waals surface area contributed by atoms with Crippen LogP contribution in [0.4, 0.5) is 0 Å². The molecule has 6 heterocycles. The fourth-order valence-corrected chi connectivity index (χ4v) is 17.1. The van der Waals surface area contributed by atoms with Crippen molar-refractivity contribution >= 4 is 0 Å². The van der Waals surface area contributed by atoms with E-state index in [0.29, 0.717) is 38.5 Å². The van der Waals surface area contributed by atoms with Crippen LogP contribution in [0, 0.1) is 52.3 Å². The highest BCUT2D eigenvalue weighted by atomic mass is 16.8. The molecule has 4 aliphatic carbocycles. The summed E-state index contributed by atoms with van der Waals surface area (Å²) in [6.45, 7) is 4.25. The first kappa shape index (κ1) is 68.7. The van der Waals surface area contributed by atoms with Gasteiger partial charge in [-0.25, -0.2) is 0 Å². The molecule has 6 saturated heterocycles. The molecule has 10 aliphatic rings. The van der Waals surface area contributed by atoms with Crippen LogP contribution in [0.25, 0.3) is 0 Å². The fourth-order valence-electron chi connectivity index (χ4n) is 17.1. The van der Waals surface area contributed by atoms with Crippen LogP contribution in [-0.2, 0) is 52.1 Å². The van der Waals surface area contributed by atoms with E-state index in [9.17, 15) is 97.0 Å². The molecule has 30 nitrogen and oxygen atoms in total. The van der Waals surface area contributed by atoms with Crippen LogP contribution in [-0.4, -0.2) is 314 Å². The minimum absolute atomic E-state index is 0.0910. The molecule has 6 aliphatic heterocycles. The first-order valence-corrected chi connectivity index (χ1v) is 31.0. The maximum absolute atomic E-state index is 12.4. The summed E-state index contributed by atoms with van der Waals surface area (Å²) in [7, 11) is 0. The number of aliphatic hydroxyl groups is 19. The van der Waals surface area contributed by atoms with E-state index in [0.717, 1.165) is 12.8 Å². The predicted octanol–water partition coefficient (Wildman–Crippen LogP) is -7.16. The average Bonchev–Trinajstić information content (AvgIpc) is 1.58. The molecule has 87 heavy (non-hydrogen) atoms. The lowest BCUT2D eigenvalue weighted by atomic mass is 9.43. The van der Waals surface area contributed by atoms with Crippen LogP contribution in [0.15, 0.2) is 0 Å². The summed E-state index contributed by atoms with van der Waals surface area (Å²) >= 11 is 0. The van der Waals surface area contributed by atoms with E-state index in [1.165, 1.54) is 0 Å². The highest BCUT2D eigenvalue weighted by Gasteiger charge is 2.71. The largest absolute Gasteiger partial charge is 0.394 e. The molecule has 30 heteroatoms. The number of hydrogen-bond donors (Lipinski definition) is 19. The monoisotopic (exact) mass is 1260 g/mol. The van der Waals surface area contributed by atoms with Crippen molar-refractivity contribution in [1.82, 2.24) is 0 Å². The number of rotatable bonds is 19. The summed E-state index contributed by atoms with van der Waals surface area (Å²) in [4.78, 5) is 0. The van der Waals surface area contributed by atoms with E-state index in [1.54, 1.807) is 0 Å². The highest BCUT2D eigenvalue weighted by Crippen LogP contribution is 2.71. The standard InChI is InChI=1S/C57H96O30/c1-20(19-77-50-43(72)39(68)35(64)28(14-58)79-50)7-10-57(76)21(2)34-27(87-57)12-26-24-6-5-22-11-23(8-9-55(22,3)25(24)13-33(63)56(26,34)4)78-51-46(75)42(71)47(32(18-62)83-51)84-54-49(86-53-45(74)41(70)37(66)30(16-60)81-53)48(38(67)31(17-61)82-54)85-52-44(73)40(69)36(65)29(15-59)80-52/h20-54,58-76H,5-19H2,1-4H3/t20-,21+,22+,23?,24?,25?,26?,27?,28-,29-,30-,31-,32-,33-,34?,35-,36-,37-,38-,39+,40+,41+,42-,43-,44-,45-,46-,47+,48+,49-,50-,51-,52+,53+,54+,55+,56-,57?/m1/s1. The van der Waals surface area contributed by atoms with Crippen molar-refractivity contribution in [2.45, 2.75) is 263 Å². The van der Waals surface area contributed by atoms with Gasteiger partial charge in [0.2, 0.25) is 0 Å². The molecular formula is C57H96O30. The van der Waals surface area contributed by atoms with Crippen LogP contribution in [0.2, 0.25) is 0 Å². The Morgan fingerprint density at radius 1 is 0.483 bits per heavy atom. The predicted molar refractivity (Wildman–Crippen MR) is 286 cm³/mol. The second-order valence-corrected chi connectivity index (χ2v) is 27.2. The lowest BCUT2D eigenvalue weighted by Gasteiger charge is -2.62. The molecule has 0 aromatic carbocycles. The van der Waals surface area contributed by atoms with Crippen molar-refractivity contribution in [2.75, 3.05) is 39.6 Å². The molecule has 38 atom stereocenters. The smallest absolute Gasteiger partial charge is 0.187 e. The van der Waals surface area contributed by atoms with Crippen LogP contribution in [0.3, 0.4) is 0 Å². The van der Waals surface area contributed by atoms with E-state index < -0.39 is 210 Å². The molecule has 0 aromatic heterocycles. The zero-order chi connectivity index (χ0) is 63.1. The summed E-state index contributed by atoms with van der Waals surface area (Å²) in [5, 5.41) is 205. The van der Waals surface area contributed by atoms with Gasteiger partial charge < -0.3 is 149 Å². The second-order valence-electron chi connectivity index (χ2n) is 27.2. The minimum atomic E-state index is -2.08. The molecular weight excluding hydrogens is 1160 g/mol. The summed E-state index contributed by atoms with van der Waals surface area (Å²) in [6.07, 6.45) is -39.9. The molecule has 10 fully saturated rings. The lowest BCUT2D eigenvalue weighted by Crippen LogP contribution is -2.68. The molecule has 0 amide bonds. The van der Waals surface area contributed by atoms with Crippen LogP contribution < -0.4 is 0 Å². The number of aliphatic hydroxyl groups excluding tert-OH is 18. The zero-order valence-electron chi connectivity index (χ0n) is 49.3. The minimum Gasteiger partial charge on any atom is -0.394 e. The molecule has 504 valence electrons. The van der Waals surface area contributed by atoms with Gasteiger partial charge >= 0.3 is 0 Å². The lowest BCUT2D eigenvalue weighted by molar-refractivity contribution is -0.406. The van der Waals surface area contributed by atoms with Crippen LogP contribution >= 0.6 is 0 Å². The van der Waals surface area contributed by atoms with Gasteiger partial charge in [0.05, 0.1) is 58.0 Å². The van der Waals surface area contributed by atoms with Gasteiger partial charge in [-0.3, -0.25) is 0 Å². The molecule has 0 aromatic rings. The third-order valence-corrected chi connectivity index (χ3v) is 22.3. The zero-order valence-corrected chi connectivity index (χ0v) is 49.3. The van der Waals surface area contributed by atoms with E-state index in [2.05, 4.69) is 13.8 Å². The third-order valence-electron chi connectivity index (χ3n) is 22.3. The Bertz CT molecular complexity index is 2220. The van der Waals surface area contributed by atoms with Crippen LogP contribution in [0.1, 0.15) is 85.5 Å². The van der Waals surface area contributed by atoms with Gasteiger partial charge in [0.15, 0.2) is 37.2 Å². The molecule has 7 unspecified atom stereocenters. The van der Waals surface area contributed by atoms with E-state index in [-0.39, 0.29) is 66.0 Å².